The molecule has 1 atom stereocenters. The van der Waals surface area contributed by atoms with E-state index in [4.69, 9.17) is 34.8 Å². The Morgan fingerprint density at radius 2 is 1.45 bits per heavy atom. The van der Waals surface area contributed by atoms with E-state index in [1.165, 1.54) is 4.90 Å². The van der Waals surface area contributed by atoms with E-state index in [1.807, 2.05) is 0 Å². The zero-order chi connectivity index (χ0) is 20.6. The first-order chi connectivity index (χ1) is 13.9. The summed E-state index contributed by atoms with van der Waals surface area (Å²) in [7, 11) is 0. The molecule has 7 heteroatoms. The van der Waals surface area contributed by atoms with Crippen LogP contribution in [0.3, 0.4) is 0 Å². The first-order valence-electron chi connectivity index (χ1n) is 8.82. The maximum absolute atomic E-state index is 13.5. The van der Waals surface area contributed by atoms with Crippen molar-refractivity contribution in [3.8, 4) is 0 Å². The molecule has 1 unspecified atom stereocenters. The summed E-state index contributed by atoms with van der Waals surface area (Å²) in [5.74, 6) is -0.541. The van der Waals surface area contributed by atoms with Gasteiger partial charge >= 0.3 is 0 Å². The molecule has 0 radical (unpaired) electrons. The Morgan fingerprint density at radius 3 is 2.03 bits per heavy atom. The summed E-state index contributed by atoms with van der Waals surface area (Å²) < 4.78 is 0. The number of amides is 2. The van der Waals surface area contributed by atoms with Gasteiger partial charge in [0.2, 0.25) is 5.91 Å². The molecule has 1 N–H and O–H groups in total. The molecule has 1 heterocycles. The molecule has 2 amide bonds. The number of carbonyl (C=O) groups excluding carboxylic acids is 2. The molecule has 0 aliphatic carbocycles. The molecule has 0 saturated carbocycles. The number of β-lactam (4-membered cyclic amide) rings is 1. The summed E-state index contributed by atoms with van der Waals surface area (Å²) in [5, 5.41) is 4.40. The Labute approximate surface area is 183 Å². The molecule has 146 valence electrons. The number of rotatable bonds is 4. The lowest BCUT2D eigenvalue weighted by atomic mass is 9.76. The zero-order valence-corrected chi connectivity index (χ0v) is 17.3. The highest BCUT2D eigenvalue weighted by molar-refractivity contribution is 6.33. The predicted octanol–water partition coefficient (Wildman–Crippen LogP) is 5.92. The lowest BCUT2D eigenvalue weighted by molar-refractivity contribution is -0.137. The van der Waals surface area contributed by atoms with Crippen LogP contribution < -0.4 is 10.2 Å². The fourth-order valence-electron chi connectivity index (χ4n) is 3.54. The zero-order valence-electron chi connectivity index (χ0n) is 15.0. The van der Waals surface area contributed by atoms with Crippen molar-refractivity contribution in [2.75, 3.05) is 10.2 Å². The maximum atomic E-state index is 13.5. The maximum Gasteiger partial charge on any atom is 0.255 e. The third kappa shape index (κ3) is 3.48. The van der Waals surface area contributed by atoms with Crippen LogP contribution in [0.2, 0.25) is 15.1 Å². The molecule has 29 heavy (non-hydrogen) atoms. The van der Waals surface area contributed by atoms with Crippen molar-refractivity contribution < 1.29 is 9.59 Å². The van der Waals surface area contributed by atoms with Crippen molar-refractivity contribution in [2.45, 2.75) is 12.0 Å². The van der Waals surface area contributed by atoms with Gasteiger partial charge in [-0.3, -0.25) is 14.5 Å². The minimum Gasteiger partial charge on any atom is -0.324 e. The van der Waals surface area contributed by atoms with Crippen molar-refractivity contribution in [1.29, 1.82) is 0 Å². The van der Waals surface area contributed by atoms with E-state index in [9.17, 15) is 9.59 Å². The fraction of sp³-hybridized carbons (Fsp3) is 0.0909. The smallest absolute Gasteiger partial charge is 0.255 e. The lowest BCUT2D eigenvalue weighted by Gasteiger charge is -2.51. The van der Waals surface area contributed by atoms with E-state index in [0.717, 1.165) is 0 Å². The predicted molar refractivity (Wildman–Crippen MR) is 117 cm³/mol. The van der Waals surface area contributed by atoms with Crippen LogP contribution in [-0.4, -0.2) is 11.8 Å². The number of hydrogen-bond donors (Lipinski definition) is 1. The third-order valence-corrected chi connectivity index (χ3v) is 5.75. The van der Waals surface area contributed by atoms with E-state index in [1.54, 1.807) is 72.8 Å². The molecule has 4 rings (SSSR count). The highest BCUT2D eigenvalue weighted by Gasteiger charge is 2.59. The van der Waals surface area contributed by atoms with Crippen molar-refractivity contribution >= 4 is 58.0 Å². The first-order valence-corrected chi connectivity index (χ1v) is 9.96. The molecule has 1 fully saturated rings. The second kappa shape index (κ2) is 7.71. The summed E-state index contributed by atoms with van der Waals surface area (Å²) in [4.78, 5) is 27.7. The number of benzene rings is 3. The average molecular weight is 446 g/mol. The van der Waals surface area contributed by atoms with Crippen LogP contribution in [0.1, 0.15) is 12.0 Å². The van der Waals surface area contributed by atoms with Gasteiger partial charge in [-0.05, 0) is 54.6 Å². The second-order valence-electron chi connectivity index (χ2n) is 6.68. The van der Waals surface area contributed by atoms with Crippen LogP contribution in [0.25, 0.3) is 0 Å². The quantitative estimate of drug-likeness (QED) is 0.507. The van der Waals surface area contributed by atoms with Crippen LogP contribution >= 0.6 is 34.8 Å². The van der Waals surface area contributed by atoms with Crippen LogP contribution in [-0.2, 0) is 15.1 Å². The Bertz CT molecular complexity index is 1080. The van der Waals surface area contributed by atoms with Crippen molar-refractivity contribution in [1.82, 2.24) is 0 Å². The highest BCUT2D eigenvalue weighted by Crippen LogP contribution is 2.48. The van der Waals surface area contributed by atoms with E-state index in [2.05, 4.69) is 5.32 Å². The standard InChI is InChI=1S/C22H15Cl3N2O2/c23-14-5-9-16(10-6-14)26-21(29)22(18-3-1-2-4-19(18)25)13-20(28)27(22)17-11-7-15(24)8-12-17/h1-12H,13H2,(H,26,29). The monoisotopic (exact) mass is 444 g/mol. The Balaban J connectivity index is 1.81. The van der Waals surface area contributed by atoms with E-state index in [0.29, 0.717) is 32.0 Å². The van der Waals surface area contributed by atoms with Crippen LogP contribution in [0.5, 0.6) is 0 Å². The largest absolute Gasteiger partial charge is 0.324 e. The van der Waals surface area contributed by atoms with Crippen molar-refractivity contribution in [2.24, 2.45) is 0 Å². The highest BCUT2D eigenvalue weighted by atomic mass is 35.5. The van der Waals surface area contributed by atoms with Gasteiger partial charge in [0.15, 0.2) is 5.54 Å². The lowest BCUT2D eigenvalue weighted by Crippen LogP contribution is -2.67. The molecule has 0 spiro atoms. The van der Waals surface area contributed by atoms with Gasteiger partial charge in [-0.25, -0.2) is 0 Å². The van der Waals surface area contributed by atoms with Gasteiger partial charge in [0.05, 0.1) is 6.42 Å². The normalized spacial score (nSPS) is 18.3. The van der Waals surface area contributed by atoms with Gasteiger partial charge in [-0.1, -0.05) is 53.0 Å². The Hall–Kier alpha value is -2.53. The molecular weight excluding hydrogens is 431 g/mol. The van der Waals surface area contributed by atoms with Crippen LogP contribution in [0.15, 0.2) is 72.8 Å². The Morgan fingerprint density at radius 1 is 0.862 bits per heavy atom. The van der Waals surface area contributed by atoms with Crippen LogP contribution in [0.4, 0.5) is 11.4 Å². The SMILES string of the molecule is O=C1CC(C(=O)Nc2ccc(Cl)cc2)(c2ccccc2Cl)N1c1ccc(Cl)cc1. The van der Waals surface area contributed by atoms with Crippen molar-refractivity contribution in [3.63, 3.8) is 0 Å². The number of anilines is 2. The van der Waals surface area contributed by atoms with Gasteiger partial charge in [-0.15, -0.1) is 0 Å². The molecule has 1 aliphatic rings. The number of nitrogens with one attached hydrogen (secondary N) is 1. The second-order valence-corrected chi connectivity index (χ2v) is 7.96. The van der Waals surface area contributed by atoms with Gasteiger partial charge in [-0.2, -0.15) is 0 Å². The number of halogens is 3. The topological polar surface area (TPSA) is 49.4 Å². The molecular formula is C22H15Cl3N2O2. The minimum absolute atomic E-state index is 0.00121. The van der Waals surface area contributed by atoms with Gasteiger partial charge in [0.1, 0.15) is 0 Å². The molecule has 3 aromatic carbocycles. The number of nitrogens with zero attached hydrogens (tertiary/aromatic N) is 1. The Kier molecular flexibility index (Phi) is 5.26. The third-order valence-electron chi connectivity index (χ3n) is 4.92. The van der Waals surface area contributed by atoms with Gasteiger partial charge < -0.3 is 5.32 Å². The molecule has 0 aromatic heterocycles. The fourth-order valence-corrected chi connectivity index (χ4v) is 4.08. The van der Waals surface area contributed by atoms with E-state index < -0.39 is 5.54 Å². The first kappa shape index (κ1) is 19.8. The number of hydrogen-bond acceptors (Lipinski definition) is 2. The van der Waals surface area contributed by atoms with Gasteiger partial charge in [0.25, 0.3) is 5.91 Å². The van der Waals surface area contributed by atoms with E-state index >= 15 is 0 Å². The molecule has 1 saturated heterocycles. The molecule has 1 aliphatic heterocycles. The van der Waals surface area contributed by atoms with E-state index in [-0.39, 0.29) is 18.2 Å². The number of carbonyl (C=O) groups is 2. The summed E-state index contributed by atoms with van der Waals surface area (Å²) >= 11 is 18.4. The minimum atomic E-state index is -1.27. The van der Waals surface area contributed by atoms with Crippen molar-refractivity contribution in [3.05, 3.63) is 93.4 Å². The molecule has 3 aromatic rings. The van der Waals surface area contributed by atoms with Crippen LogP contribution in [0, 0.1) is 0 Å². The summed E-state index contributed by atoms with van der Waals surface area (Å²) in [6, 6.07) is 20.6. The molecule has 4 nitrogen and oxygen atoms in total. The molecule has 0 bridgehead atoms. The summed E-state index contributed by atoms with van der Waals surface area (Å²) in [5.41, 5.74) is 0.420. The average Bonchev–Trinajstić information content (AvgIpc) is 2.70. The van der Waals surface area contributed by atoms with Gasteiger partial charge in [0, 0.05) is 32.0 Å². The summed E-state index contributed by atoms with van der Waals surface area (Å²) in [6.45, 7) is 0. The summed E-state index contributed by atoms with van der Waals surface area (Å²) in [6.07, 6.45) is -0.00121.